The minimum atomic E-state index is -0.951. The molecule has 30 heavy (non-hydrogen) atoms. The number of carboxylic acid groups (broad SMARTS) is 1. The van der Waals surface area contributed by atoms with Crippen molar-refractivity contribution in [2.24, 2.45) is 0 Å². The fraction of sp³-hybridized carbons (Fsp3) is 0.435. The number of carboxylic acids is 1. The molecule has 1 fully saturated rings. The fourth-order valence-electron chi connectivity index (χ4n) is 3.94. The highest BCUT2D eigenvalue weighted by molar-refractivity contribution is 5.68. The van der Waals surface area contributed by atoms with E-state index in [1.54, 1.807) is 25.3 Å². The zero-order valence-electron chi connectivity index (χ0n) is 16.7. The molecule has 0 radical (unpaired) electrons. The molecule has 1 aliphatic carbocycles. The van der Waals surface area contributed by atoms with Crippen LogP contribution in [0.4, 0.5) is 8.78 Å². The van der Waals surface area contributed by atoms with Crippen molar-refractivity contribution >= 4 is 5.97 Å². The topological polar surface area (TPSA) is 65.0 Å². The third-order valence-corrected chi connectivity index (χ3v) is 5.77. The maximum Gasteiger partial charge on any atom is 0.303 e. The molecule has 2 aliphatic rings. The molecule has 160 valence electrons. The second-order valence-corrected chi connectivity index (χ2v) is 7.87. The Morgan fingerprint density at radius 2 is 2.00 bits per heavy atom. The van der Waals surface area contributed by atoms with E-state index < -0.39 is 17.6 Å². The van der Waals surface area contributed by atoms with Gasteiger partial charge in [-0.15, -0.1) is 0 Å². The largest absolute Gasteiger partial charge is 0.490 e. The van der Waals surface area contributed by atoms with E-state index >= 15 is 0 Å². The Bertz CT molecular complexity index is 939. The van der Waals surface area contributed by atoms with Gasteiger partial charge in [-0.05, 0) is 48.6 Å². The van der Waals surface area contributed by atoms with Crippen molar-refractivity contribution in [3.05, 3.63) is 47.5 Å². The Morgan fingerprint density at radius 1 is 1.20 bits per heavy atom. The predicted octanol–water partition coefficient (Wildman–Crippen LogP) is 4.75. The van der Waals surface area contributed by atoms with E-state index in [0.29, 0.717) is 36.3 Å². The Balaban J connectivity index is 1.52. The van der Waals surface area contributed by atoms with Gasteiger partial charge >= 0.3 is 5.97 Å². The van der Waals surface area contributed by atoms with Crippen LogP contribution in [0.25, 0.3) is 11.1 Å². The minimum absolute atomic E-state index is 0.0570. The Kier molecular flexibility index (Phi) is 5.90. The van der Waals surface area contributed by atoms with Crippen LogP contribution in [-0.2, 0) is 16.0 Å². The van der Waals surface area contributed by atoms with Crippen LogP contribution in [-0.4, -0.2) is 36.5 Å². The number of ether oxygens (including phenoxy) is 3. The first kappa shape index (κ1) is 20.6. The standard InChI is InChI=1S/C23H24F2O5/c1-28-16-9-17(10-16)29-18-11-19(23(25)20(24)12-18)13-3-6-21-14(8-13)2-4-15(30-21)5-7-22(26)27/h3,6,8,11-12,15-17H,2,4-5,7,9-10H2,1H3,(H,26,27)/t15-,16?,17?/m1/s1. The molecule has 0 unspecified atom stereocenters. The summed E-state index contributed by atoms with van der Waals surface area (Å²) in [5.74, 6) is -1.76. The lowest BCUT2D eigenvalue weighted by Crippen LogP contribution is -2.38. The maximum absolute atomic E-state index is 14.6. The average Bonchev–Trinajstić information content (AvgIpc) is 2.70. The summed E-state index contributed by atoms with van der Waals surface area (Å²) < 4.78 is 45.7. The van der Waals surface area contributed by atoms with Gasteiger partial charge in [-0.1, -0.05) is 6.07 Å². The first-order valence-electron chi connectivity index (χ1n) is 10.1. The monoisotopic (exact) mass is 418 g/mol. The molecule has 2 aromatic carbocycles. The van der Waals surface area contributed by atoms with Crippen LogP contribution in [0.5, 0.6) is 11.5 Å². The van der Waals surface area contributed by atoms with Crippen molar-refractivity contribution < 1.29 is 32.9 Å². The zero-order chi connectivity index (χ0) is 21.3. The third kappa shape index (κ3) is 4.41. The molecular formula is C23H24F2O5. The molecule has 1 saturated carbocycles. The van der Waals surface area contributed by atoms with Crippen molar-refractivity contribution in [3.63, 3.8) is 0 Å². The van der Waals surface area contributed by atoms with Crippen LogP contribution >= 0.6 is 0 Å². The summed E-state index contributed by atoms with van der Waals surface area (Å²) in [6.07, 6.45) is 3.27. The van der Waals surface area contributed by atoms with Crippen LogP contribution in [0.3, 0.4) is 0 Å². The quantitative estimate of drug-likeness (QED) is 0.703. The summed E-state index contributed by atoms with van der Waals surface area (Å²) in [6, 6.07) is 7.82. The van der Waals surface area contributed by atoms with Crippen LogP contribution in [0.15, 0.2) is 30.3 Å². The van der Waals surface area contributed by atoms with Gasteiger partial charge in [0.1, 0.15) is 17.6 Å². The van der Waals surface area contributed by atoms with E-state index in [1.165, 1.54) is 6.07 Å². The lowest BCUT2D eigenvalue weighted by Gasteiger charge is -2.34. The fourth-order valence-corrected chi connectivity index (χ4v) is 3.94. The molecule has 0 spiro atoms. The minimum Gasteiger partial charge on any atom is -0.490 e. The van der Waals surface area contributed by atoms with E-state index in [2.05, 4.69) is 0 Å². The molecule has 7 heteroatoms. The van der Waals surface area contributed by atoms with Crippen LogP contribution in [0.1, 0.15) is 37.7 Å². The number of fused-ring (bicyclic) bond motifs is 1. The number of methoxy groups -OCH3 is 1. The van der Waals surface area contributed by atoms with Gasteiger partial charge in [-0.2, -0.15) is 0 Å². The van der Waals surface area contributed by atoms with E-state index in [9.17, 15) is 13.6 Å². The first-order valence-corrected chi connectivity index (χ1v) is 10.1. The average molecular weight is 418 g/mol. The maximum atomic E-state index is 14.6. The molecule has 0 aromatic heterocycles. The van der Waals surface area contributed by atoms with Gasteiger partial charge in [0.25, 0.3) is 0 Å². The summed E-state index contributed by atoms with van der Waals surface area (Å²) in [5, 5.41) is 8.83. The number of hydrogen-bond donors (Lipinski definition) is 1. The van der Waals surface area contributed by atoms with Crippen LogP contribution < -0.4 is 9.47 Å². The normalized spacial score (nSPS) is 22.6. The number of rotatable bonds is 7. The molecule has 1 N–H and O–H groups in total. The van der Waals surface area contributed by atoms with Gasteiger partial charge in [0.05, 0.1) is 12.2 Å². The SMILES string of the molecule is COC1CC(Oc2cc(F)c(F)c(-c3ccc4c(c3)CC[C@H](CCC(=O)O)O4)c2)C1. The van der Waals surface area contributed by atoms with E-state index in [0.717, 1.165) is 24.5 Å². The van der Waals surface area contributed by atoms with E-state index in [-0.39, 0.29) is 30.3 Å². The second-order valence-electron chi connectivity index (χ2n) is 7.87. The van der Waals surface area contributed by atoms with Gasteiger partial charge < -0.3 is 19.3 Å². The highest BCUT2D eigenvalue weighted by atomic mass is 19.2. The zero-order valence-corrected chi connectivity index (χ0v) is 16.7. The smallest absolute Gasteiger partial charge is 0.303 e. The molecule has 5 nitrogen and oxygen atoms in total. The number of aliphatic carboxylic acids is 1. The van der Waals surface area contributed by atoms with E-state index in [4.69, 9.17) is 19.3 Å². The number of aryl methyl sites for hydroxylation is 1. The molecule has 0 bridgehead atoms. The molecule has 1 heterocycles. The number of carbonyl (C=O) groups is 1. The van der Waals surface area contributed by atoms with Crippen molar-refractivity contribution in [1.29, 1.82) is 0 Å². The number of hydrogen-bond acceptors (Lipinski definition) is 4. The molecule has 4 rings (SSSR count). The Labute approximate surface area is 173 Å². The number of benzene rings is 2. The predicted molar refractivity (Wildman–Crippen MR) is 106 cm³/mol. The first-order chi connectivity index (χ1) is 14.4. The van der Waals surface area contributed by atoms with Gasteiger partial charge in [-0.25, -0.2) is 8.78 Å². The third-order valence-electron chi connectivity index (χ3n) is 5.77. The van der Waals surface area contributed by atoms with Crippen molar-refractivity contribution in [2.75, 3.05) is 7.11 Å². The summed E-state index contributed by atoms with van der Waals surface area (Å²) in [6.45, 7) is 0. The summed E-state index contributed by atoms with van der Waals surface area (Å²) in [7, 11) is 1.64. The van der Waals surface area contributed by atoms with Crippen molar-refractivity contribution in [1.82, 2.24) is 0 Å². The van der Waals surface area contributed by atoms with Gasteiger partial charge in [0, 0.05) is 38.0 Å². The molecule has 0 amide bonds. The molecule has 2 aromatic rings. The highest BCUT2D eigenvalue weighted by Crippen LogP contribution is 2.37. The summed E-state index contributed by atoms with van der Waals surface area (Å²) in [4.78, 5) is 10.8. The summed E-state index contributed by atoms with van der Waals surface area (Å²) in [5.41, 5.74) is 1.59. The van der Waals surface area contributed by atoms with Crippen LogP contribution in [0.2, 0.25) is 0 Å². The van der Waals surface area contributed by atoms with Crippen molar-refractivity contribution in [2.45, 2.75) is 56.8 Å². The molecule has 1 atom stereocenters. The summed E-state index contributed by atoms with van der Waals surface area (Å²) >= 11 is 0. The lowest BCUT2D eigenvalue weighted by molar-refractivity contribution is -0.137. The second kappa shape index (κ2) is 8.60. The van der Waals surface area contributed by atoms with Crippen molar-refractivity contribution in [3.8, 4) is 22.6 Å². The van der Waals surface area contributed by atoms with Gasteiger partial charge in [0.15, 0.2) is 11.6 Å². The molecule has 0 saturated heterocycles. The molecular weight excluding hydrogens is 394 g/mol. The van der Waals surface area contributed by atoms with Gasteiger partial charge in [0.2, 0.25) is 0 Å². The number of halogens is 2. The van der Waals surface area contributed by atoms with E-state index in [1.807, 2.05) is 0 Å². The highest BCUT2D eigenvalue weighted by Gasteiger charge is 2.31. The molecule has 1 aliphatic heterocycles. The Hall–Kier alpha value is -2.67. The van der Waals surface area contributed by atoms with Gasteiger partial charge in [-0.3, -0.25) is 4.79 Å². The van der Waals surface area contributed by atoms with Crippen LogP contribution in [0, 0.1) is 11.6 Å². The Morgan fingerprint density at radius 3 is 2.73 bits per heavy atom. The lowest BCUT2D eigenvalue weighted by atomic mass is 9.92.